The second-order valence-electron chi connectivity index (χ2n) is 15.0. The van der Waals surface area contributed by atoms with Crippen LogP contribution in [-0.4, -0.2) is 73.6 Å². The van der Waals surface area contributed by atoms with Crippen molar-refractivity contribution < 1.29 is 23.9 Å². The number of aromatic amines is 2. The summed E-state index contributed by atoms with van der Waals surface area (Å²) < 4.78 is 5.05. The van der Waals surface area contributed by atoms with Gasteiger partial charge in [-0.3, -0.25) is 29.1 Å². The number of nitrogens with one attached hydrogen (secondary N) is 3. The summed E-state index contributed by atoms with van der Waals surface area (Å²) in [5.41, 5.74) is 8.70. The van der Waals surface area contributed by atoms with Gasteiger partial charge in [-0.2, -0.15) is 0 Å². The van der Waals surface area contributed by atoms with Crippen LogP contribution in [0.3, 0.4) is 0 Å². The first-order chi connectivity index (χ1) is 25.3. The van der Waals surface area contributed by atoms with Gasteiger partial charge in [-0.25, -0.2) is 4.98 Å². The number of fused-ring (bicyclic) bond motifs is 8. The van der Waals surface area contributed by atoms with Crippen molar-refractivity contribution in [3.05, 3.63) is 69.1 Å². The molecule has 11 nitrogen and oxygen atoms in total. The molecule has 2 amide bonds. The minimum Gasteiger partial charge on any atom is -0.468 e. The first-order valence-electron chi connectivity index (χ1n) is 18.8. The summed E-state index contributed by atoms with van der Waals surface area (Å²) in [5.74, 6) is -0.714. The van der Waals surface area contributed by atoms with E-state index in [9.17, 15) is 19.2 Å². The Hall–Kier alpha value is -4.71. The summed E-state index contributed by atoms with van der Waals surface area (Å²) in [6.45, 7) is 17.2. The van der Waals surface area contributed by atoms with Crippen molar-refractivity contribution in [2.75, 3.05) is 19.7 Å². The van der Waals surface area contributed by atoms with Crippen molar-refractivity contribution in [2.24, 2.45) is 5.92 Å². The Balaban J connectivity index is 1.65. The Kier molecular flexibility index (Phi) is 11.0. The first-order valence-corrected chi connectivity index (χ1v) is 19.2. The van der Waals surface area contributed by atoms with Gasteiger partial charge in [0.1, 0.15) is 0 Å². The largest absolute Gasteiger partial charge is 0.468 e. The quantitative estimate of drug-likeness (QED) is 0.0868. The molecular weight excluding hydrogens is 689 g/mol. The number of carbonyl (C=O) groups excluding carboxylic acids is 4. The van der Waals surface area contributed by atoms with Crippen molar-refractivity contribution >= 4 is 63.5 Å². The number of thiocarbonyl (C=S) groups is 1. The van der Waals surface area contributed by atoms with Crippen LogP contribution in [0.2, 0.25) is 0 Å². The smallest absolute Gasteiger partial charge is 0.293 e. The van der Waals surface area contributed by atoms with E-state index in [0.717, 1.165) is 45.1 Å². The van der Waals surface area contributed by atoms with E-state index in [1.807, 2.05) is 39.8 Å². The van der Waals surface area contributed by atoms with Gasteiger partial charge in [0, 0.05) is 70.9 Å². The summed E-state index contributed by atoms with van der Waals surface area (Å²) in [5, 5.41) is 3.26. The van der Waals surface area contributed by atoms with Crippen molar-refractivity contribution in [3.8, 4) is 0 Å². The van der Waals surface area contributed by atoms with E-state index in [4.69, 9.17) is 26.9 Å². The number of Topliss-reactive ketones (excluding diaryl/α,β-unsaturated/α-hetero) is 1. The molecule has 3 N–H and O–H groups in total. The van der Waals surface area contributed by atoms with E-state index in [1.165, 1.54) is 4.90 Å². The fourth-order valence-electron chi connectivity index (χ4n) is 8.23. The Morgan fingerprint density at radius 1 is 1.00 bits per heavy atom. The van der Waals surface area contributed by atoms with Crippen LogP contribution in [0, 0.1) is 12.8 Å². The lowest BCUT2D eigenvalue weighted by Crippen LogP contribution is -2.42. The molecule has 280 valence electrons. The van der Waals surface area contributed by atoms with Gasteiger partial charge in [-0.05, 0) is 75.8 Å². The maximum absolute atomic E-state index is 14.8. The van der Waals surface area contributed by atoms with Gasteiger partial charge in [0.25, 0.3) is 18.3 Å². The van der Waals surface area contributed by atoms with Crippen molar-refractivity contribution in [1.29, 1.82) is 0 Å². The lowest BCUT2D eigenvalue weighted by molar-refractivity contribution is -0.128. The van der Waals surface area contributed by atoms with Gasteiger partial charge >= 0.3 is 0 Å². The molecule has 0 saturated heterocycles. The monoisotopic (exact) mass is 738 g/mol. The van der Waals surface area contributed by atoms with Crippen molar-refractivity contribution in [2.45, 2.75) is 105 Å². The molecule has 53 heavy (non-hydrogen) atoms. The number of carbonyl (C=O) groups is 4. The third kappa shape index (κ3) is 6.93. The van der Waals surface area contributed by atoms with Gasteiger partial charge in [-0.1, -0.05) is 46.8 Å². The number of allylic oxidation sites excluding steroid dienone is 2. The van der Waals surface area contributed by atoms with Gasteiger partial charge in [0.05, 0.1) is 45.3 Å². The average molecular weight is 739 g/mol. The minimum atomic E-state index is -0.398. The highest BCUT2D eigenvalue weighted by atomic mass is 32.1. The van der Waals surface area contributed by atoms with Crippen molar-refractivity contribution in [3.63, 3.8) is 0 Å². The molecule has 4 aliphatic heterocycles. The maximum Gasteiger partial charge on any atom is 0.293 e. The standard InChI is InChI=1S/C41H50N6O5S/c1-9-26-21(4)28-18-33-34(25(8)49)23(6)30(44-33)16-29-22(5)27(12-10-15-52-19-48)37(45-29)36-38-35(24(7)31(46-38)17-32(26)43-28)40(50)47(41(36)51)14-11-13-42-39(53)20(2)3/h16-22,26-27,43,46H,9-15H2,1-8H3,(H,42,53)/t21-,22+,26-,27+/m1/s1. The molecular formula is C41H50N6O5S. The van der Waals surface area contributed by atoms with Gasteiger partial charge < -0.3 is 20.0 Å². The lowest BCUT2D eigenvalue weighted by Gasteiger charge is -2.27. The van der Waals surface area contributed by atoms with Crippen LogP contribution in [0.1, 0.15) is 158 Å². The molecule has 12 heteroatoms. The van der Waals surface area contributed by atoms with Gasteiger partial charge in [0.15, 0.2) is 5.78 Å². The van der Waals surface area contributed by atoms with E-state index in [2.05, 4.69) is 42.1 Å². The number of rotatable bonds is 12. The fourth-order valence-corrected chi connectivity index (χ4v) is 8.34. The summed E-state index contributed by atoms with van der Waals surface area (Å²) in [6, 6.07) is 5.98. The van der Waals surface area contributed by atoms with E-state index < -0.39 is 5.91 Å². The van der Waals surface area contributed by atoms with Crippen LogP contribution < -0.4 is 5.32 Å². The highest BCUT2D eigenvalue weighted by Gasteiger charge is 2.41. The molecule has 6 heterocycles. The van der Waals surface area contributed by atoms with Crippen LogP contribution in [0.5, 0.6) is 0 Å². The second kappa shape index (κ2) is 15.3. The Morgan fingerprint density at radius 2 is 1.74 bits per heavy atom. The zero-order chi connectivity index (χ0) is 38.3. The third-order valence-corrected chi connectivity index (χ3v) is 11.9. The molecule has 0 saturated carbocycles. The number of H-pyrrole nitrogens is 2. The molecule has 0 spiro atoms. The highest BCUT2D eigenvalue weighted by Crippen LogP contribution is 2.45. The number of hydrogen-bond donors (Lipinski definition) is 3. The summed E-state index contributed by atoms with van der Waals surface area (Å²) in [6.07, 6.45) is 2.53. The summed E-state index contributed by atoms with van der Waals surface area (Å²) in [4.78, 5) is 72.7. The SMILES string of the molecule is CC[C@H]1c2cc3[nH]c4c(c5nc(cc6nc(cc([nH]2)[C@@H]1C)C(C(C)=O)=C6C)[C@@H](C)[C@@H]5CCCOC=O)C(=O)N(CCCNC(=S)C(C)C)C(=O)c4c3C. The molecule has 6 rings (SSSR count). The molecule has 0 radical (unpaired) electrons. The molecule has 0 aliphatic carbocycles. The predicted molar refractivity (Wildman–Crippen MR) is 209 cm³/mol. The number of aromatic nitrogens is 4. The normalized spacial score (nSPS) is 20.2. The molecule has 8 bridgehead atoms. The number of aryl methyl sites for hydroxylation is 1. The molecule has 2 aromatic rings. The van der Waals surface area contributed by atoms with Crippen LogP contribution in [-0.2, 0) is 14.3 Å². The number of hydrogen-bond acceptors (Lipinski definition) is 8. The summed E-state index contributed by atoms with van der Waals surface area (Å²) >= 11 is 5.45. The Labute approximate surface area is 316 Å². The van der Waals surface area contributed by atoms with Gasteiger partial charge in [-0.15, -0.1) is 0 Å². The topological polar surface area (TPSA) is 150 Å². The number of imide groups is 1. The molecule has 4 atom stereocenters. The number of ketones is 1. The van der Waals surface area contributed by atoms with E-state index >= 15 is 0 Å². The predicted octanol–water partition coefficient (Wildman–Crippen LogP) is 7.56. The van der Waals surface area contributed by atoms with Crippen LogP contribution >= 0.6 is 12.2 Å². The van der Waals surface area contributed by atoms with Crippen LogP contribution in [0.4, 0.5) is 0 Å². The number of ether oxygens (including phenoxy) is 1. The number of amides is 2. The van der Waals surface area contributed by atoms with Crippen LogP contribution in [0.25, 0.3) is 22.2 Å². The Morgan fingerprint density at radius 3 is 2.42 bits per heavy atom. The molecule has 2 aromatic heterocycles. The zero-order valence-electron chi connectivity index (χ0n) is 31.9. The van der Waals surface area contributed by atoms with Crippen LogP contribution in [0.15, 0.2) is 18.2 Å². The summed E-state index contributed by atoms with van der Waals surface area (Å²) in [7, 11) is 0. The third-order valence-electron chi connectivity index (χ3n) is 11.3. The lowest BCUT2D eigenvalue weighted by atomic mass is 9.84. The molecule has 0 aromatic carbocycles. The Bertz CT molecular complexity index is 2110. The molecule has 0 fully saturated rings. The molecule has 0 unspecified atom stereocenters. The maximum atomic E-state index is 14.8. The fraction of sp³-hybridized carbons (Fsp3) is 0.488. The highest BCUT2D eigenvalue weighted by molar-refractivity contribution is 7.80. The van der Waals surface area contributed by atoms with E-state index in [1.54, 1.807) is 6.92 Å². The number of nitrogens with zero attached hydrogens (tertiary/aromatic N) is 3. The average Bonchev–Trinajstić information content (AvgIpc) is 3.79. The zero-order valence-corrected chi connectivity index (χ0v) is 32.8. The molecule has 4 aliphatic rings. The van der Waals surface area contributed by atoms with E-state index in [0.29, 0.717) is 71.6 Å². The van der Waals surface area contributed by atoms with Gasteiger partial charge in [0.2, 0.25) is 0 Å². The first kappa shape index (κ1) is 38.0. The minimum absolute atomic E-state index is 0.0642. The van der Waals surface area contributed by atoms with Crippen molar-refractivity contribution in [1.82, 2.24) is 30.2 Å². The second-order valence-corrected chi connectivity index (χ2v) is 15.4. The van der Waals surface area contributed by atoms with E-state index in [-0.39, 0.29) is 54.4 Å².